The Labute approximate surface area is 150 Å². The van der Waals surface area contributed by atoms with Crippen molar-refractivity contribution in [2.24, 2.45) is 5.92 Å². The molecule has 1 aromatic heterocycles. The third kappa shape index (κ3) is 3.88. The summed E-state index contributed by atoms with van der Waals surface area (Å²) in [6, 6.07) is 0. The average Bonchev–Trinajstić information content (AvgIpc) is 3.02. The van der Waals surface area contributed by atoms with Crippen LogP contribution in [0.4, 0.5) is 0 Å². The highest BCUT2D eigenvalue weighted by molar-refractivity contribution is 5.97. The number of hydrogen-bond donors (Lipinski definition) is 1. The zero-order valence-electron chi connectivity index (χ0n) is 15.5. The van der Waals surface area contributed by atoms with Gasteiger partial charge in [-0.1, -0.05) is 20.3 Å². The number of amides is 2. The van der Waals surface area contributed by atoms with Gasteiger partial charge >= 0.3 is 0 Å². The first-order valence-electron chi connectivity index (χ1n) is 9.78. The number of unbranched alkanes of at least 4 members (excludes halogenated alkanes) is 1. The van der Waals surface area contributed by atoms with Gasteiger partial charge in [0.2, 0.25) is 0 Å². The molecule has 1 fully saturated rings. The predicted octanol–water partition coefficient (Wildman–Crippen LogP) is 2.62. The van der Waals surface area contributed by atoms with E-state index in [0.717, 1.165) is 70.3 Å². The van der Waals surface area contributed by atoms with Gasteiger partial charge in [0.1, 0.15) is 5.69 Å². The lowest BCUT2D eigenvalue weighted by Gasteiger charge is -2.30. The molecule has 2 amide bonds. The smallest absolute Gasteiger partial charge is 0.287 e. The van der Waals surface area contributed by atoms with Gasteiger partial charge in [-0.05, 0) is 44.4 Å². The molecule has 138 valence electrons. The van der Waals surface area contributed by atoms with Crippen molar-refractivity contribution in [3.8, 4) is 0 Å². The Morgan fingerprint density at radius 1 is 1.20 bits per heavy atom. The van der Waals surface area contributed by atoms with E-state index in [1.165, 1.54) is 0 Å². The zero-order valence-corrected chi connectivity index (χ0v) is 15.5. The number of carbonyl (C=O) groups excluding carboxylic acids is 2. The number of fused-ring (bicyclic) bond motifs is 1. The number of nitrogens with one attached hydrogen (secondary N) is 1. The Bertz CT molecular complexity index is 630. The minimum absolute atomic E-state index is 0.00478. The number of aromatic nitrogens is 2. The van der Waals surface area contributed by atoms with Crippen LogP contribution in [0.15, 0.2) is 0 Å². The fourth-order valence-corrected chi connectivity index (χ4v) is 3.71. The summed E-state index contributed by atoms with van der Waals surface area (Å²) < 4.78 is 1.98. The fraction of sp³-hybridized carbons (Fsp3) is 0.737. The first-order chi connectivity index (χ1) is 12.1. The number of hydrogen-bond acceptors (Lipinski definition) is 3. The maximum absolute atomic E-state index is 13.0. The van der Waals surface area contributed by atoms with E-state index in [4.69, 9.17) is 0 Å². The van der Waals surface area contributed by atoms with Crippen LogP contribution in [0, 0.1) is 5.92 Å². The van der Waals surface area contributed by atoms with E-state index in [9.17, 15) is 9.59 Å². The van der Waals surface area contributed by atoms with E-state index < -0.39 is 0 Å². The maximum atomic E-state index is 13.0. The Hall–Kier alpha value is -1.85. The molecule has 3 heterocycles. The van der Waals surface area contributed by atoms with Crippen molar-refractivity contribution in [2.45, 2.75) is 65.3 Å². The summed E-state index contributed by atoms with van der Waals surface area (Å²) in [5.74, 6) is 0.951. The summed E-state index contributed by atoms with van der Waals surface area (Å²) >= 11 is 0. The second-order valence-electron chi connectivity index (χ2n) is 7.42. The van der Waals surface area contributed by atoms with E-state index in [1.54, 1.807) is 0 Å². The molecule has 25 heavy (non-hydrogen) atoms. The van der Waals surface area contributed by atoms with Crippen LogP contribution in [0.3, 0.4) is 0 Å². The number of nitrogens with zero attached hydrogens (tertiary/aromatic N) is 3. The van der Waals surface area contributed by atoms with Crippen LogP contribution >= 0.6 is 0 Å². The van der Waals surface area contributed by atoms with Crippen LogP contribution in [0.2, 0.25) is 0 Å². The Balaban J connectivity index is 1.82. The van der Waals surface area contributed by atoms with E-state index in [2.05, 4.69) is 24.1 Å². The van der Waals surface area contributed by atoms with E-state index >= 15 is 0 Å². The number of rotatable bonds is 5. The Morgan fingerprint density at radius 2 is 1.96 bits per heavy atom. The maximum Gasteiger partial charge on any atom is 0.287 e. The highest BCUT2D eigenvalue weighted by Crippen LogP contribution is 2.24. The Morgan fingerprint density at radius 3 is 2.68 bits per heavy atom. The lowest BCUT2D eigenvalue weighted by molar-refractivity contribution is 0.0690. The van der Waals surface area contributed by atoms with Crippen molar-refractivity contribution in [3.63, 3.8) is 0 Å². The van der Waals surface area contributed by atoms with Gasteiger partial charge in [0.15, 0.2) is 5.82 Å². The molecule has 0 radical (unpaired) electrons. The van der Waals surface area contributed by atoms with Crippen LogP contribution in [-0.2, 0) is 13.0 Å². The molecule has 2 aliphatic rings. The zero-order chi connectivity index (χ0) is 17.8. The first-order valence-corrected chi connectivity index (χ1v) is 9.78. The standard InChI is InChI=1S/C19H30N4O2/c1-3-4-10-20-18(24)17-21-16(15-7-5-6-11-23(15)17)19(25)22-12-8-14(2)9-13-22/h14H,3-13H2,1-2H3,(H,20,24). The molecule has 3 rings (SSSR count). The molecular formula is C19H30N4O2. The summed E-state index contributed by atoms with van der Waals surface area (Å²) in [5.41, 5.74) is 1.46. The molecule has 0 bridgehead atoms. The van der Waals surface area contributed by atoms with Gasteiger partial charge < -0.3 is 14.8 Å². The fourth-order valence-electron chi connectivity index (χ4n) is 3.71. The third-order valence-electron chi connectivity index (χ3n) is 5.41. The van der Waals surface area contributed by atoms with Gasteiger partial charge in [-0.25, -0.2) is 4.98 Å². The molecule has 0 aromatic carbocycles. The van der Waals surface area contributed by atoms with Crippen molar-refractivity contribution in [2.75, 3.05) is 19.6 Å². The molecule has 0 atom stereocenters. The van der Waals surface area contributed by atoms with Gasteiger partial charge in [0, 0.05) is 26.2 Å². The number of piperidine rings is 1. The highest BCUT2D eigenvalue weighted by atomic mass is 16.2. The molecule has 1 N–H and O–H groups in total. The number of imidazole rings is 1. The quantitative estimate of drug-likeness (QED) is 0.834. The minimum Gasteiger partial charge on any atom is -0.349 e. The molecule has 0 aliphatic carbocycles. The second-order valence-corrected chi connectivity index (χ2v) is 7.42. The normalized spacial score (nSPS) is 18.1. The van der Waals surface area contributed by atoms with Crippen molar-refractivity contribution >= 4 is 11.8 Å². The van der Waals surface area contributed by atoms with Crippen LogP contribution in [-0.4, -0.2) is 45.9 Å². The van der Waals surface area contributed by atoms with Crippen molar-refractivity contribution < 1.29 is 9.59 Å². The SMILES string of the molecule is CCCCNC(=O)c1nc(C(=O)N2CCC(C)CC2)c2n1CCCC2. The summed E-state index contributed by atoms with van der Waals surface area (Å²) in [6.07, 6.45) is 7.01. The van der Waals surface area contributed by atoms with Crippen LogP contribution < -0.4 is 5.32 Å². The minimum atomic E-state index is -0.150. The molecule has 0 saturated carbocycles. The van der Waals surface area contributed by atoms with Crippen molar-refractivity contribution in [1.82, 2.24) is 19.8 Å². The van der Waals surface area contributed by atoms with E-state index in [1.807, 2.05) is 9.47 Å². The van der Waals surface area contributed by atoms with Crippen molar-refractivity contribution in [3.05, 3.63) is 17.2 Å². The van der Waals surface area contributed by atoms with Gasteiger partial charge in [-0.3, -0.25) is 9.59 Å². The molecule has 1 saturated heterocycles. The van der Waals surface area contributed by atoms with Gasteiger partial charge in [0.25, 0.3) is 11.8 Å². The predicted molar refractivity (Wildman–Crippen MR) is 96.7 cm³/mol. The van der Waals surface area contributed by atoms with E-state index in [-0.39, 0.29) is 11.8 Å². The second kappa shape index (κ2) is 8.02. The average molecular weight is 346 g/mol. The Kier molecular flexibility index (Phi) is 5.76. The third-order valence-corrected chi connectivity index (χ3v) is 5.41. The highest BCUT2D eigenvalue weighted by Gasteiger charge is 2.30. The molecular weight excluding hydrogens is 316 g/mol. The molecule has 0 unspecified atom stereocenters. The van der Waals surface area contributed by atoms with Crippen LogP contribution in [0.25, 0.3) is 0 Å². The first kappa shape index (κ1) is 18.0. The lowest BCUT2D eigenvalue weighted by Crippen LogP contribution is -2.38. The lowest BCUT2D eigenvalue weighted by atomic mass is 9.98. The van der Waals surface area contributed by atoms with Gasteiger partial charge in [-0.2, -0.15) is 0 Å². The van der Waals surface area contributed by atoms with Gasteiger partial charge in [-0.15, -0.1) is 0 Å². The number of likely N-dealkylation sites (tertiary alicyclic amines) is 1. The van der Waals surface area contributed by atoms with Crippen LogP contribution in [0.5, 0.6) is 0 Å². The molecule has 2 aliphatic heterocycles. The molecule has 1 aromatic rings. The monoisotopic (exact) mass is 346 g/mol. The molecule has 6 nitrogen and oxygen atoms in total. The summed E-state index contributed by atoms with van der Waals surface area (Å²) in [5, 5.41) is 2.94. The summed E-state index contributed by atoms with van der Waals surface area (Å²) in [4.78, 5) is 32.0. The van der Waals surface area contributed by atoms with Gasteiger partial charge in [0.05, 0.1) is 5.69 Å². The summed E-state index contributed by atoms with van der Waals surface area (Å²) in [6.45, 7) is 7.36. The number of carbonyl (C=O) groups is 2. The summed E-state index contributed by atoms with van der Waals surface area (Å²) in [7, 11) is 0. The van der Waals surface area contributed by atoms with Crippen LogP contribution in [0.1, 0.15) is 79.2 Å². The topological polar surface area (TPSA) is 67.2 Å². The van der Waals surface area contributed by atoms with Crippen molar-refractivity contribution in [1.29, 1.82) is 0 Å². The van der Waals surface area contributed by atoms with E-state index in [0.29, 0.717) is 24.0 Å². The largest absolute Gasteiger partial charge is 0.349 e. The molecule has 6 heteroatoms. The molecule has 0 spiro atoms.